The van der Waals surface area contributed by atoms with E-state index in [0.29, 0.717) is 30.2 Å². The topological polar surface area (TPSA) is 362 Å². The summed E-state index contributed by atoms with van der Waals surface area (Å²) in [5.74, 6) is -4.64. The normalized spacial score (nSPS) is 20.1. The Morgan fingerprint density at radius 2 is 1.71 bits per heavy atom. The number of nitrogens with zero attached hydrogens (tertiary/aromatic N) is 5. The van der Waals surface area contributed by atoms with Gasteiger partial charge in [0.25, 0.3) is 11.4 Å². The number of carbonyl (C=O) groups excluding carboxylic acids is 7. The number of thiazole rings is 1. The monoisotopic (exact) mass is 1270 g/mol. The molecule has 3 saturated heterocycles. The minimum absolute atomic E-state index is 0.00698. The van der Waals surface area contributed by atoms with Crippen LogP contribution in [0.25, 0.3) is 21.3 Å². The van der Waals surface area contributed by atoms with E-state index < -0.39 is 103 Å². The summed E-state index contributed by atoms with van der Waals surface area (Å²) in [6, 6.07) is 14.3. The van der Waals surface area contributed by atoms with E-state index in [1.165, 1.54) is 58.0 Å². The lowest BCUT2D eigenvalue weighted by Crippen LogP contribution is -2.61. The first-order valence-corrected chi connectivity index (χ1v) is 32.0. The number of aromatic amines is 1. The minimum Gasteiger partial charge on any atom is -0.488 e. The van der Waals surface area contributed by atoms with Crippen molar-refractivity contribution in [2.45, 2.75) is 140 Å². The van der Waals surface area contributed by atoms with Crippen LogP contribution in [0.2, 0.25) is 0 Å². The molecular weight excluding hydrogens is 1190 g/mol. The van der Waals surface area contributed by atoms with Crippen LogP contribution in [-0.4, -0.2) is 160 Å². The van der Waals surface area contributed by atoms with Gasteiger partial charge in [-0.2, -0.15) is 0 Å². The number of amides is 6. The number of hydrogen-bond donors (Lipinski definition) is 9. The molecule has 25 nitrogen and oxygen atoms in total. The van der Waals surface area contributed by atoms with Gasteiger partial charge < -0.3 is 70.0 Å². The van der Waals surface area contributed by atoms with Crippen molar-refractivity contribution in [1.82, 2.24) is 45.8 Å². The zero-order chi connectivity index (χ0) is 64.0. The van der Waals surface area contributed by atoms with E-state index in [2.05, 4.69) is 31.1 Å². The lowest BCUT2D eigenvalue weighted by Gasteiger charge is -2.39. The predicted octanol–water partition coefficient (Wildman–Crippen LogP) is 5.03. The Kier molecular flexibility index (Phi) is 20.8. The highest BCUT2D eigenvalue weighted by Crippen LogP contribution is 2.40. The molecule has 0 bridgehead atoms. The minimum atomic E-state index is -5.08. The van der Waals surface area contributed by atoms with E-state index >= 15 is 4.39 Å². The molecule has 0 saturated carbocycles. The second kappa shape index (κ2) is 28.3. The zero-order valence-corrected chi connectivity index (χ0v) is 51.5. The largest absolute Gasteiger partial charge is 0.488 e. The molecular formula is C61H74FN10O15PS. The number of fused-ring (bicyclic) bond motifs is 2. The van der Waals surface area contributed by atoms with Crippen molar-refractivity contribution in [3.05, 3.63) is 118 Å². The molecule has 0 spiro atoms. The molecule has 9 atom stereocenters. The van der Waals surface area contributed by atoms with Crippen LogP contribution in [-0.2, 0) is 39.8 Å². The number of likely N-dealkylation sites (tertiary alicyclic amines) is 1. The standard InChI is InChI=1S/C61H74FN10O15PS/c1-32(2)53(60(80)71-28-43(74)26-48(71)58(78)65-33(3)36-11-13-38(14-12-36)55-34(4)64-31-89-55)50-27-52(69-87-50)85-23-7-9-37-8-6-10-49(54(37)62)86-30-41(16-20-51(63)75)66-57(77)47-19-17-42-21-22-70(35(5)73)29-46(59(79)72(42)47)68-56(76)45-25-40-24-39(15-18-44(40)67-45)61(81)88(82,83)84/h6,8,10-15,18,24-25,27,31-33,41-43,46-48,53,56,67-68,74,76H,7,9,16-17,19-23,26,28-30H2,1-5H3,(H2,63,75)(H,65,78)(H,66,77)(H2,82,83,84)/t33-,41-,42+,43+,46-,47-,48-,53-,56?/m0/s1. The number of benzene rings is 3. The van der Waals surface area contributed by atoms with Crippen molar-refractivity contribution >= 4 is 70.8 Å². The van der Waals surface area contributed by atoms with Crippen LogP contribution in [0.15, 0.2) is 82.8 Å². The van der Waals surface area contributed by atoms with Crippen molar-refractivity contribution in [3.63, 3.8) is 0 Å². The Morgan fingerprint density at radius 3 is 2.40 bits per heavy atom. The second-order valence-electron chi connectivity index (χ2n) is 23.3. The number of aliphatic hydroxyl groups is 2. The molecule has 9 rings (SSSR count). The number of aliphatic hydroxyl groups excluding tert-OH is 2. The second-order valence-corrected chi connectivity index (χ2v) is 25.6. The summed E-state index contributed by atoms with van der Waals surface area (Å²) in [7, 11) is -5.08. The summed E-state index contributed by atoms with van der Waals surface area (Å²) in [6.45, 7) is 8.62. The van der Waals surface area contributed by atoms with Gasteiger partial charge in [0, 0.05) is 68.0 Å². The number of aromatic nitrogens is 3. The van der Waals surface area contributed by atoms with Crippen molar-refractivity contribution in [3.8, 4) is 22.1 Å². The maximum Gasteiger partial charge on any atom is 0.396 e. The molecule has 3 aliphatic heterocycles. The summed E-state index contributed by atoms with van der Waals surface area (Å²) in [5, 5.41) is 35.4. The molecule has 6 amide bonds. The molecule has 3 aliphatic rings. The number of hydrogen-bond acceptors (Lipinski definition) is 17. The molecule has 28 heteroatoms. The highest BCUT2D eigenvalue weighted by Gasteiger charge is 2.47. The van der Waals surface area contributed by atoms with Crippen LogP contribution >= 0.6 is 18.9 Å². The van der Waals surface area contributed by atoms with Crippen LogP contribution in [0.4, 0.5) is 4.39 Å². The number of β-amino-alcohol motifs (C(OH)–C–C–N with tert-alkyl or cyclic N) is 1. The van der Waals surface area contributed by atoms with Crippen molar-refractivity contribution in [2.24, 2.45) is 11.7 Å². The molecule has 89 heavy (non-hydrogen) atoms. The van der Waals surface area contributed by atoms with E-state index in [4.69, 9.17) is 19.7 Å². The molecule has 3 fully saturated rings. The highest BCUT2D eigenvalue weighted by atomic mass is 32.1. The summed E-state index contributed by atoms with van der Waals surface area (Å²) in [6.07, 6.45) is -1.12. The Bertz CT molecular complexity index is 3630. The lowest BCUT2D eigenvalue weighted by molar-refractivity contribution is -0.146. The highest BCUT2D eigenvalue weighted by molar-refractivity contribution is 7.70. The van der Waals surface area contributed by atoms with Gasteiger partial charge in [-0.15, -0.1) is 11.3 Å². The molecule has 6 heterocycles. The SMILES string of the molecule is CC(=O)N1CC[C@H]2CC[C@@H](C(=O)N[C@@H](CCC(N)=O)COc3cccc(CCCOc4cc([C@@H](C(=O)N5C[C@H](O)C[C@H]5C(=O)N[C@@H](C)c5ccc(-c6scnc6C)cc5)C(C)C)on4)c3F)N2C(=O)[C@@H](NC(O)c2cc3cc(C(=O)P(=O)(O)O)ccc3[nH]2)C1. The van der Waals surface area contributed by atoms with Crippen LogP contribution in [0.3, 0.4) is 0 Å². The van der Waals surface area contributed by atoms with E-state index in [1.54, 1.807) is 29.0 Å². The average Bonchev–Trinajstić information content (AvgIpc) is 2.20. The smallest absolute Gasteiger partial charge is 0.396 e. The fraction of sp³-hybridized carbons (Fsp3) is 0.459. The van der Waals surface area contributed by atoms with Crippen LogP contribution < -0.4 is 31.2 Å². The first-order valence-electron chi connectivity index (χ1n) is 29.5. The molecule has 0 radical (unpaired) electrons. The van der Waals surface area contributed by atoms with Gasteiger partial charge in [0.2, 0.25) is 35.4 Å². The van der Waals surface area contributed by atoms with Crippen molar-refractivity contribution in [2.75, 3.05) is 32.8 Å². The number of nitrogens with one attached hydrogen (secondary N) is 4. The van der Waals surface area contributed by atoms with Gasteiger partial charge in [-0.1, -0.05) is 50.2 Å². The summed E-state index contributed by atoms with van der Waals surface area (Å²) in [5.41, 5.74) is 9.33. The first-order chi connectivity index (χ1) is 42.3. The number of ether oxygens (including phenoxy) is 2. The number of carbonyl (C=O) groups is 7. The third-order valence-corrected chi connectivity index (χ3v) is 18.3. The average molecular weight is 1270 g/mol. The number of primary amides is 1. The Balaban J connectivity index is 0.788. The number of rotatable bonds is 25. The van der Waals surface area contributed by atoms with E-state index in [1.807, 2.05) is 52.0 Å². The lowest BCUT2D eigenvalue weighted by atomic mass is 9.91. The van der Waals surface area contributed by atoms with Gasteiger partial charge in [-0.05, 0) is 110 Å². The predicted molar refractivity (Wildman–Crippen MR) is 322 cm³/mol. The fourth-order valence-electron chi connectivity index (χ4n) is 11.8. The molecule has 1 unspecified atom stereocenters. The molecule has 3 aromatic heterocycles. The van der Waals surface area contributed by atoms with Gasteiger partial charge in [-0.25, -0.2) is 9.37 Å². The number of nitrogens with two attached hydrogens (primary N) is 1. The maximum absolute atomic E-state index is 16.2. The van der Waals surface area contributed by atoms with Gasteiger partial charge in [0.15, 0.2) is 17.3 Å². The van der Waals surface area contributed by atoms with Gasteiger partial charge in [0.05, 0.1) is 46.6 Å². The summed E-state index contributed by atoms with van der Waals surface area (Å²) in [4.78, 5) is 126. The number of aryl methyl sites for hydroxylation is 2. The molecule has 476 valence electrons. The molecule has 3 aromatic carbocycles. The third-order valence-electron chi connectivity index (χ3n) is 16.5. The zero-order valence-electron chi connectivity index (χ0n) is 49.8. The van der Waals surface area contributed by atoms with E-state index in [9.17, 15) is 58.1 Å². The number of halogens is 1. The Hall–Kier alpha value is -7.91. The van der Waals surface area contributed by atoms with Gasteiger partial charge in [-0.3, -0.25) is 43.4 Å². The van der Waals surface area contributed by atoms with Gasteiger partial charge in [0.1, 0.15) is 36.9 Å². The molecule has 10 N–H and O–H groups in total. The Labute approximate surface area is 516 Å². The Morgan fingerprint density at radius 1 is 0.955 bits per heavy atom. The van der Waals surface area contributed by atoms with Crippen molar-refractivity contribution < 1.29 is 76.5 Å². The quantitative estimate of drug-likeness (QED) is 0.0206. The summed E-state index contributed by atoms with van der Waals surface area (Å²) >= 11 is 1.55. The van der Waals surface area contributed by atoms with E-state index in [-0.39, 0.29) is 111 Å². The molecule has 6 aromatic rings. The first kappa shape index (κ1) is 65.5. The number of H-pyrrole nitrogens is 1. The van der Waals surface area contributed by atoms with Crippen molar-refractivity contribution in [1.29, 1.82) is 0 Å². The van der Waals surface area contributed by atoms with Gasteiger partial charge >= 0.3 is 7.60 Å². The molecule has 0 aliphatic carbocycles. The summed E-state index contributed by atoms with van der Waals surface area (Å²) < 4.78 is 45.3. The van der Waals surface area contributed by atoms with Crippen LogP contribution in [0.5, 0.6) is 11.6 Å². The maximum atomic E-state index is 16.2. The van der Waals surface area contributed by atoms with E-state index in [0.717, 1.165) is 21.7 Å². The third kappa shape index (κ3) is 15.6. The fourth-order valence-corrected chi connectivity index (χ4v) is 13.1. The van der Waals surface area contributed by atoms with Crippen LogP contribution in [0, 0.1) is 18.7 Å². The van der Waals surface area contributed by atoms with Crippen LogP contribution in [0.1, 0.15) is 129 Å².